The number of sulfone groups is 1. The second-order valence-corrected chi connectivity index (χ2v) is 7.19. The highest BCUT2D eigenvalue weighted by Crippen LogP contribution is 2.24. The first-order chi connectivity index (χ1) is 8.35. The van der Waals surface area contributed by atoms with Crippen LogP contribution in [0.2, 0.25) is 0 Å². The van der Waals surface area contributed by atoms with E-state index in [2.05, 4.69) is 5.32 Å². The first kappa shape index (κ1) is 13.3. The smallest absolute Gasteiger partial charge is 0.245 e. The summed E-state index contributed by atoms with van der Waals surface area (Å²) < 4.78 is 23.0. The van der Waals surface area contributed by atoms with Gasteiger partial charge in [0.15, 0.2) is 9.84 Å². The van der Waals surface area contributed by atoms with Gasteiger partial charge < -0.3 is 10.2 Å². The van der Waals surface area contributed by atoms with E-state index < -0.39 is 21.9 Å². The van der Waals surface area contributed by atoms with E-state index in [1.54, 1.807) is 6.92 Å². The van der Waals surface area contributed by atoms with Crippen molar-refractivity contribution in [3.63, 3.8) is 0 Å². The van der Waals surface area contributed by atoms with E-state index >= 15 is 0 Å². The Kier molecular flexibility index (Phi) is 3.35. The zero-order valence-corrected chi connectivity index (χ0v) is 11.4. The Morgan fingerprint density at radius 2 is 2.06 bits per heavy atom. The molecule has 0 radical (unpaired) electrons. The van der Waals surface area contributed by atoms with E-state index in [9.17, 15) is 18.0 Å². The van der Waals surface area contributed by atoms with E-state index in [1.807, 2.05) is 6.92 Å². The van der Waals surface area contributed by atoms with Crippen molar-refractivity contribution < 1.29 is 18.0 Å². The van der Waals surface area contributed by atoms with Crippen LogP contribution in [0.5, 0.6) is 0 Å². The number of piperazine rings is 1. The fourth-order valence-corrected chi connectivity index (χ4v) is 4.40. The van der Waals surface area contributed by atoms with Crippen LogP contribution in [0.1, 0.15) is 26.7 Å². The number of hydrogen-bond donors (Lipinski definition) is 1. The summed E-state index contributed by atoms with van der Waals surface area (Å²) in [5, 5.41) is 2.62. The molecule has 102 valence electrons. The van der Waals surface area contributed by atoms with Gasteiger partial charge in [0.05, 0.1) is 11.5 Å². The van der Waals surface area contributed by atoms with E-state index in [1.165, 1.54) is 4.90 Å². The molecule has 0 aromatic carbocycles. The zero-order chi connectivity index (χ0) is 13.5. The van der Waals surface area contributed by atoms with Crippen LogP contribution in [-0.2, 0) is 19.4 Å². The second kappa shape index (κ2) is 4.53. The fourth-order valence-electron chi connectivity index (χ4n) is 2.69. The Labute approximate surface area is 107 Å². The minimum Gasteiger partial charge on any atom is -0.343 e. The summed E-state index contributed by atoms with van der Waals surface area (Å²) in [6.07, 6.45) is 0.936. The molecule has 1 N–H and O–H groups in total. The average molecular weight is 274 g/mol. The molecule has 6 nitrogen and oxygen atoms in total. The fraction of sp³-hybridized carbons (Fsp3) is 0.818. The first-order valence-corrected chi connectivity index (χ1v) is 8.01. The van der Waals surface area contributed by atoms with Crippen LogP contribution in [0.3, 0.4) is 0 Å². The van der Waals surface area contributed by atoms with E-state index in [0.29, 0.717) is 12.8 Å². The monoisotopic (exact) mass is 274 g/mol. The van der Waals surface area contributed by atoms with Gasteiger partial charge in [-0.1, -0.05) is 6.92 Å². The van der Waals surface area contributed by atoms with Gasteiger partial charge >= 0.3 is 0 Å². The van der Waals surface area contributed by atoms with Crippen LogP contribution < -0.4 is 5.32 Å². The molecule has 3 unspecified atom stereocenters. The normalized spacial score (nSPS) is 35.7. The van der Waals surface area contributed by atoms with Gasteiger partial charge in [0.25, 0.3) is 0 Å². The van der Waals surface area contributed by atoms with Gasteiger partial charge in [-0.3, -0.25) is 9.59 Å². The Hall–Kier alpha value is -1.11. The van der Waals surface area contributed by atoms with Gasteiger partial charge in [0, 0.05) is 6.04 Å². The molecule has 7 heteroatoms. The van der Waals surface area contributed by atoms with E-state index in [0.717, 1.165) is 0 Å². The molecular formula is C11H18N2O4S. The molecule has 2 amide bonds. The highest BCUT2D eigenvalue weighted by molar-refractivity contribution is 7.91. The number of hydrogen-bond acceptors (Lipinski definition) is 4. The predicted molar refractivity (Wildman–Crippen MR) is 65.6 cm³/mol. The van der Waals surface area contributed by atoms with Crippen LogP contribution in [-0.4, -0.2) is 54.8 Å². The third kappa shape index (κ3) is 2.23. The molecule has 2 heterocycles. The van der Waals surface area contributed by atoms with E-state index in [-0.39, 0.29) is 29.4 Å². The predicted octanol–water partition coefficient (Wildman–Crippen LogP) is -0.701. The maximum atomic E-state index is 12.2. The van der Waals surface area contributed by atoms with Crippen molar-refractivity contribution in [1.82, 2.24) is 10.2 Å². The quantitative estimate of drug-likeness (QED) is 0.721. The molecule has 0 aliphatic carbocycles. The molecular weight excluding hydrogens is 256 g/mol. The third-order valence-corrected chi connectivity index (χ3v) is 5.36. The summed E-state index contributed by atoms with van der Waals surface area (Å²) in [4.78, 5) is 25.5. The lowest BCUT2D eigenvalue weighted by molar-refractivity contribution is -0.151. The number of rotatable bonds is 2. The molecule has 18 heavy (non-hydrogen) atoms. The van der Waals surface area contributed by atoms with Crippen molar-refractivity contribution in [2.45, 2.75) is 44.8 Å². The van der Waals surface area contributed by atoms with Gasteiger partial charge in [0.2, 0.25) is 11.8 Å². The first-order valence-electron chi connectivity index (χ1n) is 6.18. The lowest BCUT2D eigenvalue weighted by Crippen LogP contribution is -2.65. The summed E-state index contributed by atoms with van der Waals surface area (Å²) >= 11 is 0. The molecule has 0 saturated carbocycles. The molecule has 0 aromatic heterocycles. The minimum atomic E-state index is -3.06. The number of carbonyl (C=O) groups excluding carboxylic acids is 2. The lowest BCUT2D eigenvalue weighted by atomic mass is 10.0. The highest BCUT2D eigenvalue weighted by Gasteiger charge is 2.44. The highest BCUT2D eigenvalue weighted by atomic mass is 32.2. The van der Waals surface area contributed by atoms with Gasteiger partial charge in [-0.2, -0.15) is 0 Å². The number of carbonyl (C=O) groups is 2. The zero-order valence-electron chi connectivity index (χ0n) is 10.5. The molecule has 0 bridgehead atoms. The van der Waals surface area contributed by atoms with Crippen LogP contribution in [0.15, 0.2) is 0 Å². The summed E-state index contributed by atoms with van der Waals surface area (Å²) in [6.45, 7) is 3.45. The maximum Gasteiger partial charge on any atom is 0.245 e. The maximum absolute atomic E-state index is 12.2. The van der Waals surface area contributed by atoms with Crippen LogP contribution in [0.4, 0.5) is 0 Å². The van der Waals surface area contributed by atoms with Crippen LogP contribution >= 0.6 is 0 Å². The Balaban J connectivity index is 2.27. The molecule has 3 atom stereocenters. The molecule has 0 aromatic rings. The topological polar surface area (TPSA) is 83.6 Å². The summed E-state index contributed by atoms with van der Waals surface area (Å²) in [7, 11) is -3.06. The standard InChI is InChI=1S/C11H18N2O4S/c1-3-9-10(14)12-7(2)11(15)13(9)8-4-5-18(16,17)6-8/h7-9H,3-6H2,1-2H3,(H,12,14). The molecule has 2 saturated heterocycles. The van der Waals surface area contributed by atoms with Crippen molar-refractivity contribution in [2.75, 3.05) is 11.5 Å². The summed E-state index contributed by atoms with van der Waals surface area (Å²) in [5.41, 5.74) is 0. The van der Waals surface area contributed by atoms with E-state index in [4.69, 9.17) is 0 Å². The largest absolute Gasteiger partial charge is 0.343 e. The van der Waals surface area contributed by atoms with Gasteiger partial charge in [-0.05, 0) is 19.8 Å². The van der Waals surface area contributed by atoms with Crippen LogP contribution in [0, 0.1) is 0 Å². The molecule has 2 aliphatic heterocycles. The Morgan fingerprint density at radius 3 is 2.56 bits per heavy atom. The van der Waals surface area contributed by atoms with Crippen molar-refractivity contribution in [3.05, 3.63) is 0 Å². The Morgan fingerprint density at radius 1 is 1.39 bits per heavy atom. The van der Waals surface area contributed by atoms with Gasteiger partial charge in [-0.15, -0.1) is 0 Å². The van der Waals surface area contributed by atoms with Crippen molar-refractivity contribution in [1.29, 1.82) is 0 Å². The lowest BCUT2D eigenvalue weighted by Gasteiger charge is -2.40. The summed E-state index contributed by atoms with van der Waals surface area (Å²) in [6, 6.07) is -1.45. The number of nitrogens with one attached hydrogen (secondary N) is 1. The van der Waals surface area contributed by atoms with Crippen molar-refractivity contribution in [2.24, 2.45) is 0 Å². The van der Waals surface area contributed by atoms with Gasteiger partial charge in [0.1, 0.15) is 12.1 Å². The van der Waals surface area contributed by atoms with Crippen LogP contribution in [0.25, 0.3) is 0 Å². The summed E-state index contributed by atoms with van der Waals surface area (Å²) in [5.74, 6) is -0.277. The third-order valence-electron chi connectivity index (χ3n) is 3.61. The molecule has 2 fully saturated rings. The van der Waals surface area contributed by atoms with Crippen molar-refractivity contribution in [3.8, 4) is 0 Å². The van der Waals surface area contributed by atoms with Gasteiger partial charge in [-0.25, -0.2) is 8.42 Å². The second-order valence-electron chi connectivity index (χ2n) is 4.96. The van der Waals surface area contributed by atoms with Crippen molar-refractivity contribution >= 4 is 21.7 Å². The molecule has 2 rings (SSSR count). The molecule has 0 spiro atoms. The SMILES string of the molecule is CCC1C(=O)NC(C)C(=O)N1C1CCS(=O)(=O)C1. The average Bonchev–Trinajstić information content (AvgIpc) is 2.63. The number of nitrogens with zero attached hydrogens (tertiary/aromatic N) is 1. The minimum absolute atomic E-state index is 0.0186. The molecule has 2 aliphatic rings. The number of amides is 2. The Bertz CT molecular complexity index is 473.